The van der Waals surface area contributed by atoms with Crippen LogP contribution < -0.4 is 21.9 Å². The second-order valence-corrected chi connectivity index (χ2v) is 4.60. The fraction of sp³-hybridized carbons (Fsp3) is 0.545. The maximum atomic E-state index is 12.6. The van der Waals surface area contributed by atoms with Gasteiger partial charge in [-0.1, -0.05) is 0 Å². The molecule has 0 bridgehead atoms. The van der Waals surface area contributed by atoms with E-state index >= 15 is 0 Å². The number of alkyl halides is 3. The highest BCUT2D eigenvalue weighted by Crippen LogP contribution is 2.29. The lowest BCUT2D eigenvalue weighted by Crippen LogP contribution is -2.30. The summed E-state index contributed by atoms with van der Waals surface area (Å²) in [5, 5.41) is 5.37. The van der Waals surface area contributed by atoms with Gasteiger partial charge in [0.1, 0.15) is 11.6 Å². The molecule has 1 aliphatic rings. The molecule has 7 nitrogen and oxygen atoms in total. The van der Waals surface area contributed by atoms with E-state index in [0.29, 0.717) is 6.54 Å². The van der Waals surface area contributed by atoms with Crippen molar-refractivity contribution in [1.29, 1.82) is 0 Å². The molecule has 1 heterocycles. The molecule has 1 aromatic heterocycles. The van der Waals surface area contributed by atoms with Crippen LogP contribution in [-0.2, 0) is 11.0 Å². The van der Waals surface area contributed by atoms with Crippen molar-refractivity contribution in [2.24, 2.45) is 11.8 Å². The monoisotopic (exact) mass is 304 g/mol. The second-order valence-electron chi connectivity index (χ2n) is 4.60. The molecule has 0 spiro atoms. The van der Waals surface area contributed by atoms with Gasteiger partial charge in [0.05, 0.1) is 0 Å². The first kappa shape index (κ1) is 15.3. The number of carbonyl (C=O) groups is 1. The zero-order valence-corrected chi connectivity index (χ0v) is 11.0. The summed E-state index contributed by atoms with van der Waals surface area (Å²) in [6.45, 7) is 0.545. The highest BCUT2D eigenvalue weighted by molar-refractivity contribution is 5.80. The number of hydrazine groups is 1. The SMILES string of the molecule is NNc1cc(NCCNC(=O)C2CC2)nc(C(F)(F)F)n1. The van der Waals surface area contributed by atoms with E-state index in [9.17, 15) is 18.0 Å². The van der Waals surface area contributed by atoms with Crippen LogP contribution in [0.2, 0.25) is 0 Å². The Morgan fingerprint density at radius 2 is 1.95 bits per heavy atom. The zero-order valence-electron chi connectivity index (χ0n) is 11.0. The van der Waals surface area contributed by atoms with Crippen LogP contribution in [0.15, 0.2) is 6.07 Å². The highest BCUT2D eigenvalue weighted by atomic mass is 19.4. The van der Waals surface area contributed by atoms with Crippen molar-refractivity contribution in [2.75, 3.05) is 23.8 Å². The number of halogens is 3. The summed E-state index contributed by atoms with van der Waals surface area (Å²) in [6, 6.07) is 1.25. The van der Waals surface area contributed by atoms with Gasteiger partial charge in [-0.15, -0.1) is 0 Å². The number of nitrogens with zero attached hydrogens (tertiary/aromatic N) is 2. The van der Waals surface area contributed by atoms with Crippen molar-refractivity contribution in [3.05, 3.63) is 11.9 Å². The molecule has 0 unspecified atom stereocenters. The van der Waals surface area contributed by atoms with Crippen molar-refractivity contribution in [3.8, 4) is 0 Å². The number of aromatic nitrogens is 2. The molecule has 0 aromatic carbocycles. The van der Waals surface area contributed by atoms with Crippen molar-refractivity contribution in [2.45, 2.75) is 19.0 Å². The number of rotatable bonds is 6. The molecule has 1 saturated carbocycles. The fourth-order valence-electron chi connectivity index (χ4n) is 1.60. The fourth-order valence-corrected chi connectivity index (χ4v) is 1.60. The minimum absolute atomic E-state index is 0.0223. The third kappa shape index (κ3) is 4.45. The lowest BCUT2D eigenvalue weighted by atomic mass is 10.4. The van der Waals surface area contributed by atoms with E-state index in [1.54, 1.807) is 0 Å². The van der Waals surface area contributed by atoms with Crippen molar-refractivity contribution in [1.82, 2.24) is 15.3 Å². The standard InChI is InChI=1S/C11H15F3N6O/c12-11(13,14)10-18-7(5-8(19-10)20-15)16-3-4-17-9(21)6-1-2-6/h5-6H,1-4,15H2,(H,17,21)(H2,16,18,19,20). The summed E-state index contributed by atoms with van der Waals surface area (Å²) in [4.78, 5) is 18.0. The number of nitrogens with one attached hydrogen (secondary N) is 3. The number of hydrogen-bond donors (Lipinski definition) is 4. The number of hydrogen-bond acceptors (Lipinski definition) is 6. The number of anilines is 2. The van der Waals surface area contributed by atoms with Crippen LogP contribution in [0.25, 0.3) is 0 Å². The topological polar surface area (TPSA) is 105 Å². The quantitative estimate of drug-likeness (QED) is 0.351. The Hall–Kier alpha value is -2.10. The lowest BCUT2D eigenvalue weighted by molar-refractivity contribution is -0.144. The van der Waals surface area contributed by atoms with Crippen LogP contribution in [0, 0.1) is 5.92 Å². The Kier molecular flexibility index (Phi) is 4.46. The molecule has 0 saturated heterocycles. The Balaban J connectivity index is 1.90. The van der Waals surface area contributed by atoms with Gasteiger partial charge < -0.3 is 16.1 Å². The first-order valence-electron chi connectivity index (χ1n) is 6.34. The minimum atomic E-state index is -4.66. The number of amides is 1. The highest BCUT2D eigenvalue weighted by Gasteiger charge is 2.35. The van der Waals surface area contributed by atoms with Crippen molar-refractivity contribution >= 4 is 17.5 Å². The summed E-state index contributed by atoms with van der Waals surface area (Å²) in [5.74, 6) is 3.67. The van der Waals surface area contributed by atoms with Gasteiger partial charge >= 0.3 is 6.18 Å². The van der Waals surface area contributed by atoms with Crippen LogP contribution in [0.3, 0.4) is 0 Å². The minimum Gasteiger partial charge on any atom is -0.368 e. The predicted molar refractivity (Wildman–Crippen MR) is 69.1 cm³/mol. The van der Waals surface area contributed by atoms with E-state index in [2.05, 4.69) is 26.0 Å². The molecule has 21 heavy (non-hydrogen) atoms. The summed E-state index contributed by atoms with van der Waals surface area (Å²) in [7, 11) is 0. The summed E-state index contributed by atoms with van der Waals surface area (Å²) >= 11 is 0. The Bertz CT molecular complexity index is 517. The summed E-state index contributed by atoms with van der Waals surface area (Å²) in [5.41, 5.74) is 2.05. The lowest BCUT2D eigenvalue weighted by Gasteiger charge is -2.11. The van der Waals surface area contributed by atoms with E-state index < -0.39 is 12.0 Å². The Morgan fingerprint density at radius 1 is 1.29 bits per heavy atom. The molecule has 10 heteroatoms. The van der Waals surface area contributed by atoms with Gasteiger partial charge in [0.2, 0.25) is 11.7 Å². The van der Waals surface area contributed by atoms with Crippen LogP contribution in [0.5, 0.6) is 0 Å². The molecule has 1 fully saturated rings. The maximum Gasteiger partial charge on any atom is 0.451 e. The van der Waals surface area contributed by atoms with Gasteiger partial charge in [-0.2, -0.15) is 13.2 Å². The van der Waals surface area contributed by atoms with Gasteiger partial charge in [0.15, 0.2) is 0 Å². The van der Waals surface area contributed by atoms with Crippen LogP contribution in [-0.4, -0.2) is 29.0 Å². The average Bonchev–Trinajstić information content (AvgIpc) is 3.26. The van der Waals surface area contributed by atoms with Crippen LogP contribution in [0.4, 0.5) is 24.8 Å². The molecule has 116 valence electrons. The molecular formula is C11H15F3N6O. The largest absolute Gasteiger partial charge is 0.451 e. The van der Waals surface area contributed by atoms with Gasteiger partial charge in [-0.25, -0.2) is 15.8 Å². The molecule has 2 rings (SSSR count). The third-order valence-corrected chi connectivity index (χ3v) is 2.81. The first-order valence-corrected chi connectivity index (χ1v) is 6.34. The van der Waals surface area contributed by atoms with Crippen molar-refractivity contribution in [3.63, 3.8) is 0 Å². The van der Waals surface area contributed by atoms with E-state index in [-0.39, 0.29) is 30.0 Å². The number of nitrogens with two attached hydrogens (primary N) is 1. The molecular weight excluding hydrogens is 289 g/mol. The first-order chi connectivity index (χ1) is 9.90. The van der Waals surface area contributed by atoms with Gasteiger partial charge in [0, 0.05) is 25.1 Å². The number of carbonyl (C=O) groups excluding carboxylic acids is 1. The molecule has 1 aliphatic carbocycles. The summed E-state index contributed by atoms with van der Waals surface area (Å²) in [6.07, 6.45) is -2.87. The van der Waals surface area contributed by atoms with Gasteiger partial charge in [-0.05, 0) is 12.8 Å². The van der Waals surface area contributed by atoms with E-state index in [1.165, 1.54) is 6.07 Å². The number of nitrogen functional groups attached to an aromatic ring is 1. The smallest absolute Gasteiger partial charge is 0.368 e. The van der Waals surface area contributed by atoms with Crippen LogP contribution >= 0.6 is 0 Å². The Morgan fingerprint density at radius 3 is 2.52 bits per heavy atom. The van der Waals surface area contributed by atoms with Crippen LogP contribution in [0.1, 0.15) is 18.7 Å². The maximum absolute atomic E-state index is 12.6. The molecule has 0 aliphatic heterocycles. The molecule has 5 N–H and O–H groups in total. The van der Waals surface area contributed by atoms with Crippen molar-refractivity contribution < 1.29 is 18.0 Å². The van der Waals surface area contributed by atoms with Gasteiger partial charge in [-0.3, -0.25) is 4.79 Å². The molecule has 0 atom stereocenters. The summed E-state index contributed by atoms with van der Waals surface area (Å²) < 4.78 is 37.8. The second kappa shape index (κ2) is 6.12. The van der Waals surface area contributed by atoms with E-state index in [4.69, 9.17) is 5.84 Å². The van der Waals surface area contributed by atoms with E-state index in [0.717, 1.165) is 12.8 Å². The predicted octanol–water partition coefficient (Wildman–Crippen LogP) is 0.719. The van der Waals surface area contributed by atoms with Gasteiger partial charge in [0.25, 0.3) is 0 Å². The third-order valence-electron chi connectivity index (χ3n) is 2.81. The normalized spacial score (nSPS) is 14.7. The molecule has 0 radical (unpaired) electrons. The molecule has 1 aromatic rings. The van der Waals surface area contributed by atoms with E-state index in [1.807, 2.05) is 0 Å². The molecule has 1 amide bonds. The average molecular weight is 304 g/mol. The zero-order chi connectivity index (χ0) is 15.5. The Labute approximate surface area is 118 Å².